The Morgan fingerprint density at radius 2 is 2.17 bits per heavy atom. The molecule has 4 heterocycles. The van der Waals surface area contributed by atoms with Gasteiger partial charge in [0, 0.05) is 31.2 Å². The van der Waals surface area contributed by atoms with E-state index in [0.29, 0.717) is 19.4 Å². The summed E-state index contributed by atoms with van der Waals surface area (Å²) in [4.78, 5) is 17.7. The minimum atomic E-state index is 0.0164. The van der Waals surface area contributed by atoms with E-state index >= 15 is 0 Å². The Morgan fingerprint density at radius 1 is 1.25 bits per heavy atom. The highest BCUT2D eigenvalue weighted by atomic mass is 32.1. The molecule has 0 atom stereocenters. The van der Waals surface area contributed by atoms with Gasteiger partial charge in [0.15, 0.2) is 5.82 Å². The Morgan fingerprint density at radius 3 is 3.04 bits per heavy atom. The molecule has 0 spiro atoms. The van der Waals surface area contributed by atoms with Gasteiger partial charge < -0.3 is 5.32 Å². The monoisotopic (exact) mass is 362 g/mol. The lowest BCUT2D eigenvalue weighted by Gasteiger charge is -2.03. The van der Waals surface area contributed by atoms with Crippen LogP contribution in [0.4, 0.5) is 0 Å². The third kappa shape index (κ3) is 2.87. The van der Waals surface area contributed by atoms with Crippen molar-refractivity contribution in [2.24, 2.45) is 0 Å². The summed E-state index contributed by atoms with van der Waals surface area (Å²) < 4.78 is 3.51. The summed E-state index contributed by atoms with van der Waals surface area (Å²) >= 11 is 3.01. The molecule has 1 amide bonds. The van der Waals surface area contributed by atoms with Crippen molar-refractivity contribution >= 4 is 38.5 Å². The average molecular weight is 362 g/mol. The molecule has 4 rings (SSSR count). The predicted octanol–water partition coefficient (Wildman–Crippen LogP) is 0.890. The van der Waals surface area contributed by atoms with Gasteiger partial charge in [-0.2, -0.15) is 14.7 Å². The van der Waals surface area contributed by atoms with Gasteiger partial charge in [-0.3, -0.25) is 4.79 Å². The Hall–Kier alpha value is -2.40. The fraction of sp³-hybridized carbons (Fsp3) is 0.385. The van der Waals surface area contributed by atoms with Crippen LogP contribution >= 0.6 is 22.7 Å². The number of nitrogens with zero attached hydrogens (tertiary/aromatic N) is 7. The van der Waals surface area contributed by atoms with Gasteiger partial charge in [0.05, 0.1) is 5.69 Å². The maximum Gasteiger partial charge on any atom is 0.234 e. The summed E-state index contributed by atoms with van der Waals surface area (Å²) in [6.07, 6.45) is 3.28. The van der Waals surface area contributed by atoms with Gasteiger partial charge >= 0.3 is 0 Å². The number of aromatic nitrogens is 7. The lowest BCUT2D eigenvalue weighted by Crippen LogP contribution is -2.26. The van der Waals surface area contributed by atoms with Gasteiger partial charge in [0.2, 0.25) is 15.8 Å². The number of hydrogen-bond donors (Lipinski definition) is 1. The van der Waals surface area contributed by atoms with Crippen molar-refractivity contribution in [3.05, 3.63) is 28.2 Å². The summed E-state index contributed by atoms with van der Waals surface area (Å²) in [5, 5.41) is 22.4. The van der Waals surface area contributed by atoms with E-state index < -0.39 is 0 Å². The van der Waals surface area contributed by atoms with Gasteiger partial charge in [-0.15, -0.1) is 21.5 Å². The lowest BCUT2D eigenvalue weighted by molar-refractivity contribution is -0.121. The summed E-state index contributed by atoms with van der Waals surface area (Å²) in [6, 6.07) is 0. The molecule has 0 aromatic carbocycles. The molecule has 0 bridgehead atoms. The molecule has 0 aliphatic heterocycles. The summed E-state index contributed by atoms with van der Waals surface area (Å²) in [7, 11) is 0. The molecule has 0 fully saturated rings. The average Bonchev–Trinajstić information content (AvgIpc) is 3.30. The number of thiazole rings is 1. The third-order valence-corrected chi connectivity index (χ3v) is 5.38. The molecule has 1 N–H and O–H groups in total. The normalized spacial score (nSPS) is 11.5. The third-order valence-electron chi connectivity index (χ3n) is 3.55. The quantitative estimate of drug-likeness (QED) is 0.546. The number of aryl methyl sites for hydroxylation is 2. The first-order chi connectivity index (χ1) is 11.7. The highest BCUT2D eigenvalue weighted by Gasteiger charge is 2.11. The highest BCUT2D eigenvalue weighted by Crippen LogP contribution is 2.15. The minimum Gasteiger partial charge on any atom is -0.356 e. The van der Waals surface area contributed by atoms with Gasteiger partial charge in [-0.1, -0.05) is 11.3 Å². The van der Waals surface area contributed by atoms with Crippen molar-refractivity contribution in [3.8, 4) is 0 Å². The van der Waals surface area contributed by atoms with Crippen molar-refractivity contribution in [1.82, 2.24) is 39.7 Å². The van der Waals surface area contributed by atoms with E-state index in [2.05, 4.69) is 30.7 Å². The number of nitrogens with one attached hydrogen (secondary N) is 1. The molecular weight excluding hydrogens is 348 g/mol. The number of hydrogen-bond acceptors (Lipinski definition) is 8. The fourth-order valence-corrected chi connectivity index (χ4v) is 4.05. The molecule has 4 aromatic rings. The Labute approximate surface area is 144 Å². The summed E-state index contributed by atoms with van der Waals surface area (Å²) in [5.41, 5.74) is 1.05. The van der Waals surface area contributed by atoms with Crippen molar-refractivity contribution in [2.75, 3.05) is 6.54 Å². The van der Waals surface area contributed by atoms with Gasteiger partial charge in [0.25, 0.3) is 0 Å². The van der Waals surface area contributed by atoms with Crippen molar-refractivity contribution < 1.29 is 4.79 Å². The van der Waals surface area contributed by atoms with Crippen LogP contribution in [0.15, 0.2) is 11.7 Å². The largest absolute Gasteiger partial charge is 0.356 e. The van der Waals surface area contributed by atoms with E-state index in [9.17, 15) is 4.79 Å². The number of carbonyl (C=O) groups excluding carboxylic acids is 1. The highest BCUT2D eigenvalue weighted by molar-refractivity contribution is 7.16. The topological polar surface area (TPSA) is 102 Å². The number of rotatable bonds is 6. The van der Waals surface area contributed by atoms with Crippen LogP contribution in [0.5, 0.6) is 0 Å². The number of carbonyl (C=O) groups is 1. The Bertz CT molecular complexity index is 996. The smallest absolute Gasteiger partial charge is 0.234 e. The second kappa shape index (κ2) is 6.24. The molecule has 0 unspecified atom stereocenters. The molecule has 0 aliphatic rings. The molecule has 9 nitrogen and oxygen atoms in total. The van der Waals surface area contributed by atoms with Crippen LogP contribution in [-0.2, 0) is 17.6 Å². The lowest BCUT2D eigenvalue weighted by atomic mass is 10.3. The van der Waals surface area contributed by atoms with Crippen LogP contribution in [0.2, 0.25) is 0 Å². The van der Waals surface area contributed by atoms with E-state index in [0.717, 1.165) is 32.9 Å². The second-order valence-electron chi connectivity index (χ2n) is 5.22. The van der Waals surface area contributed by atoms with Crippen LogP contribution in [0.1, 0.15) is 22.9 Å². The van der Waals surface area contributed by atoms with Crippen LogP contribution < -0.4 is 5.32 Å². The maximum absolute atomic E-state index is 12.0. The molecule has 124 valence electrons. The maximum atomic E-state index is 12.0. The first-order valence-electron chi connectivity index (χ1n) is 7.41. The number of fused-ring (bicyclic) bond motifs is 2. The molecular formula is C13H14N8OS2. The van der Waals surface area contributed by atoms with E-state index in [-0.39, 0.29) is 5.91 Å². The van der Waals surface area contributed by atoms with Crippen LogP contribution in [-0.4, -0.2) is 46.9 Å². The zero-order valence-electron chi connectivity index (χ0n) is 12.8. The Balaban J connectivity index is 1.26. The van der Waals surface area contributed by atoms with Crippen LogP contribution in [0.25, 0.3) is 9.92 Å². The Kier molecular flexibility index (Phi) is 3.94. The van der Waals surface area contributed by atoms with E-state index in [1.165, 1.54) is 17.7 Å². The molecule has 11 heteroatoms. The summed E-state index contributed by atoms with van der Waals surface area (Å²) in [5.74, 6) is 0.773. The minimum absolute atomic E-state index is 0.0164. The van der Waals surface area contributed by atoms with Crippen molar-refractivity contribution in [2.45, 2.75) is 26.2 Å². The van der Waals surface area contributed by atoms with Crippen LogP contribution in [0.3, 0.4) is 0 Å². The number of amides is 1. The zero-order valence-corrected chi connectivity index (χ0v) is 14.5. The molecule has 24 heavy (non-hydrogen) atoms. The van der Waals surface area contributed by atoms with Gasteiger partial charge in [-0.05, 0) is 6.92 Å². The first-order valence-corrected chi connectivity index (χ1v) is 9.11. The van der Waals surface area contributed by atoms with Gasteiger partial charge in [0.1, 0.15) is 11.3 Å². The summed E-state index contributed by atoms with van der Waals surface area (Å²) in [6.45, 7) is 2.43. The van der Waals surface area contributed by atoms with E-state index in [4.69, 9.17) is 0 Å². The molecule has 0 aliphatic carbocycles. The van der Waals surface area contributed by atoms with Crippen LogP contribution in [0, 0.1) is 6.92 Å². The molecule has 0 radical (unpaired) electrons. The van der Waals surface area contributed by atoms with Crippen molar-refractivity contribution in [3.63, 3.8) is 0 Å². The molecule has 0 saturated heterocycles. The first kappa shape index (κ1) is 15.1. The zero-order chi connectivity index (χ0) is 16.5. The van der Waals surface area contributed by atoms with E-state index in [1.54, 1.807) is 20.4 Å². The van der Waals surface area contributed by atoms with E-state index in [1.807, 2.05) is 12.3 Å². The molecule has 4 aromatic heterocycles. The molecule has 0 saturated carbocycles. The standard InChI is InChI=1S/C13H14N8OS2/c1-8-17-18-13-20(8)19-11(24-13)3-2-10(22)14-5-4-9-6-23-12-15-7-16-21(9)12/h6-7H,2-5H2,1H3,(H,14,22). The second-order valence-corrected chi connectivity index (χ2v) is 7.10. The van der Waals surface area contributed by atoms with Crippen molar-refractivity contribution in [1.29, 1.82) is 0 Å². The fourth-order valence-electron chi connectivity index (χ4n) is 2.34. The predicted molar refractivity (Wildman–Crippen MR) is 89.3 cm³/mol. The SMILES string of the molecule is Cc1nnc2sc(CCC(=O)NCCc3csc4ncnn34)nn12. The van der Waals surface area contributed by atoms with Gasteiger partial charge in [-0.25, -0.2) is 9.50 Å².